The lowest BCUT2D eigenvalue weighted by atomic mass is 9.63. The number of carbonyl (C=O) groups is 2. The van der Waals surface area contributed by atoms with Crippen LogP contribution in [0.3, 0.4) is 0 Å². The first-order valence-corrected chi connectivity index (χ1v) is 18.7. The SMILES string of the molecule is CC(C)(C)c1ccc(O)cc1.COC(=O)[C@H]1[C@H]2C[C@@H]3c4[nH]c5cc(OC)ccc5c4CCN3C[C@H]2C[C@@H](OC(=O)c2cc(OC)c(OC)c(OC)c2)[C@@H]1OC. The molecule has 12 nitrogen and oxygen atoms in total. The van der Waals surface area contributed by atoms with Crippen LogP contribution in [-0.4, -0.2) is 94.9 Å². The zero-order chi connectivity index (χ0) is 39.6. The molecule has 6 atom stereocenters. The summed E-state index contributed by atoms with van der Waals surface area (Å²) in [6.07, 6.45) is 0.920. The van der Waals surface area contributed by atoms with Gasteiger partial charge in [0, 0.05) is 42.9 Å². The fourth-order valence-electron chi connectivity index (χ4n) is 8.72. The molecule has 0 unspecified atom stereocenters. The monoisotopic (exact) mass is 758 g/mol. The highest BCUT2D eigenvalue weighted by atomic mass is 16.6. The molecule has 55 heavy (non-hydrogen) atoms. The molecule has 296 valence electrons. The minimum Gasteiger partial charge on any atom is -0.508 e. The number of hydrogen-bond acceptors (Lipinski definition) is 11. The van der Waals surface area contributed by atoms with Crippen LogP contribution < -0.4 is 18.9 Å². The van der Waals surface area contributed by atoms with Crippen molar-refractivity contribution in [1.82, 2.24) is 9.88 Å². The highest BCUT2D eigenvalue weighted by Gasteiger charge is 2.54. The molecule has 0 radical (unpaired) electrons. The van der Waals surface area contributed by atoms with Gasteiger partial charge in [-0.2, -0.15) is 0 Å². The molecule has 7 rings (SSSR count). The number of H-pyrrole nitrogens is 1. The number of fused-ring (bicyclic) bond motifs is 6. The molecule has 1 saturated carbocycles. The van der Waals surface area contributed by atoms with Gasteiger partial charge >= 0.3 is 11.9 Å². The summed E-state index contributed by atoms with van der Waals surface area (Å²) in [7, 11) is 9.10. The summed E-state index contributed by atoms with van der Waals surface area (Å²) in [5, 5.41) is 10.2. The van der Waals surface area contributed by atoms with Crippen molar-refractivity contribution in [2.24, 2.45) is 17.8 Å². The number of methoxy groups -OCH3 is 6. The number of phenolic OH excluding ortho intramolecular Hbond substituents is 1. The fraction of sp³-hybridized carbons (Fsp3) is 0.488. The average molecular weight is 759 g/mol. The van der Waals surface area contributed by atoms with Crippen molar-refractivity contribution in [3.63, 3.8) is 0 Å². The van der Waals surface area contributed by atoms with Crippen LogP contribution in [0.4, 0.5) is 0 Å². The summed E-state index contributed by atoms with van der Waals surface area (Å²) in [5.41, 5.74) is 5.25. The molecule has 3 heterocycles. The van der Waals surface area contributed by atoms with Crippen molar-refractivity contribution in [1.29, 1.82) is 0 Å². The first-order valence-electron chi connectivity index (χ1n) is 18.7. The molecular formula is C43H54N2O10. The number of aromatic amines is 1. The second-order valence-electron chi connectivity index (χ2n) is 15.5. The standard InChI is InChI=1S/C33H40N2O9.C10H14O/c1-38-19-7-8-20-21-9-10-35-16-18-13-27(44-32(36)17-11-25(39-2)30(41-4)26(12-17)40-3)31(42-5)28(33(37)43-6)22(18)15-24(35)29(21)34-23(20)14-19;1-10(2,3)8-4-6-9(11)7-5-8/h7-8,11-12,14,18,22,24,27-28,31,34H,9-10,13,15-16H2,1-6H3;4-7,11H,1-3H3/t18-,22+,24-,27-,28+,31+;/m1./s1. The fourth-order valence-corrected chi connectivity index (χ4v) is 8.72. The second-order valence-corrected chi connectivity index (χ2v) is 15.5. The van der Waals surface area contributed by atoms with Gasteiger partial charge < -0.3 is 43.2 Å². The number of piperidine rings is 1. The van der Waals surface area contributed by atoms with Gasteiger partial charge in [0.1, 0.15) is 23.7 Å². The predicted molar refractivity (Wildman–Crippen MR) is 207 cm³/mol. The molecule has 3 aromatic carbocycles. The number of esters is 2. The molecule has 1 saturated heterocycles. The van der Waals surface area contributed by atoms with Crippen molar-refractivity contribution in [2.75, 3.05) is 55.7 Å². The van der Waals surface area contributed by atoms with Crippen LogP contribution in [0.1, 0.15) is 66.8 Å². The Hall–Kier alpha value is -4.94. The molecule has 2 N–H and O–H groups in total. The summed E-state index contributed by atoms with van der Waals surface area (Å²) < 4.78 is 39.1. The van der Waals surface area contributed by atoms with E-state index >= 15 is 0 Å². The maximum Gasteiger partial charge on any atom is 0.338 e. The molecule has 2 fully saturated rings. The molecule has 1 aromatic heterocycles. The van der Waals surface area contributed by atoms with Crippen LogP contribution in [0.15, 0.2) is 54.6 Å². The normalized spacial score (nSPS) is 23.2. The zero-order valence-electron chi connectivity index (χ0n) is 33.3. The van der Waals surface area contributed by atoms with Gasteiger partial charge in [-0.3, -0.25) is 9.69 Å². The van der Waals surface area contributed by atoms with E-state index in [2.05, 4.69) is 36.7 Å². The van der Waals surface area contributed by atoms with Crippen molar-refractivity contribution in [3.05, 3.63) is 77.0 Å². The molecule has 0 amide bonds. The number of nitrogens with zero attached hydrogens (tertiary/aromatic N) is 1. The van der Waals surface area contributed by atoms with Crippen molar-refractivity contribution in [2.45, 2.75) is 63.7 Å². The number of carbonyl (C=O) groups excluding carboxylic acids is 2. The molecule has 4 aromatic rings. The van der Waals surface area contributed by atoms with Crippen LogP contribution in [0.5, 0.6) is 28.7 Å². The maximum absolute atomic E-state index is 13.5. The summed E-state index contributed by atoms with van der Waals surface area (Å²) in [6.45, 7) is 8.14. The maximum atomic E-state index is 13.5. The number of ether oxygens (including phenoxy) is 7. The van der Waals surface area contributed by atoms with Crippen LogP contribution in [0.25, 0.3) is 10.9 Å². The number of aromatic nitrogens is 1. The van der Waals surface area contributed by atoms with Crippen LogP contribution in [0.2, 0.25) is 0 Å². The molecule has 1 aliphatic carbocycles. The van der Waals surface area contributed by atoms with E-state index in [1.807, 2.05) is 24.3 Å². The lowest BCUT2D eigenvalue weighted by Crippen LogP contribution is -2.58. The van der Waals surface area contributed by atoms with Gasteiger partial charge in [0.2, 0.25) is 5.75 Å². The summed E-state index contributed by atoms with van der Waals surface area (Å²) >= 11 is 0. The van der Waals surface area contributed by atoms with E-state index in [1.165, 1.54) is 50.6 Å². The lowest BCUT2D eigenvalue weighted by molar-refractivity contribution is -0.176. The third-order valence-electron chi connectivity index (χ3n) is 11.5. The molecule has 2 aliphatic heterocycles. The smallest absolute Gasteiger partial charge is 0.338 e. The van der Waals surface area contributed by atoms with Gasteiger partial charge in [-0.25, -0.2) is 4.79 Å². The summed E-state index contributed by atoms with van der Waals surface area (Å²) in [4.78, 5) is 33.1. The van der Waals surface area contributed by atoms with Gasteiger partial charge in [-0.1, -0.05) is 32.9 Å². The number of rotatable bonds is 8. The highest BCUT2D eigenvalue weighted by Crippen LogP contribution is 2.51. The van der Waals surface area contributed by atoms with E-state index in [0.717, 1.165) is 37.2 Å². The number of hydrogen-bond donors (Lipinski definition) is 2. The minimum absolute atomic E-state index is 0.0170. The first kappa shape index (κ1) is 39.7. The number of phenols is 1. The van der Waals surface area contributed by atoms with Crippen molar-refractivity contribution < 1.29 is 47.9 Å². The highest BCUT2D eigenvalue weighted by molar-refractivity contribution is 5.91. The number of nitrogens with one attached hydrogen (secondary N) is 1. The Labute approximate surface area is 322 Å². The van der Waals surface area contributed by atoms with E-state index in [4.69, 9.17) is 38.3 Å². The molecule has 3 aliphatic rings. The average Bonchev–Trinajstić information content (AvgIpc) is 3.57. The number of benzene rings is 3. The van der Waals surface area contributed by atoms with E-state index in [9.17, 15) is 9.59 Å². The van der Waals surface area contributed by atoms with E-state index in [0.29, 0.717) is 29.4 Å². The Morgan fingerprint density at radius 1 is 0.855 bits per heavy atom. The topological polar surface area (TPSA) is 138 Å². The van der Waals surface area contributed by atoms with E-state index in [1.54, 1.807) is 38.5 Å². The summed E-state index contributed by atoms with van der Waals surface area (Å²) in [5.74, 6) is 0.772. The van der Waals surface area contributed by atoms with Crippen molar-refractivity contribution in [3.8, 4) is 28.7 Å². The first-order chi connectivity index (χ1) is 26.3. The van der Waals surface area contributed by atoms with E-state index < -0.39 is 24.1 Å². The Morgan fingerprint density at radius 3 is 2.13 bits per heavy atom. The van der Waals surface area contributed by atoms with Crippen LogP contribution in [0, 0.1) is 17.8 Å². The predicted octanol–water partition coefficient (Wildman–Crippen LogP) is 6.86. The third kappa shape index (κ3) is 7.93. The molecule has 12 heteroatoms. The van der Waals surface area contributed by atoms with Gasteiger partial charge in [-0.05, 0) is 84.0 Å². The van der Waals surface area contributed by atoms with Gasteiger partial charge in [-0.15, -0.1) is 0 Å². The minimum atomic E-state index is -0.670. The molecule has 0 bridgehead atoms. The Morgan fingerprint density at radius 2 is 1.55 bits per heavy atom. The van der Waals surface area contributed by atoms with Gasteiger partial charge in [0.05, 0.1) is 53.1 Å². The molecular weight excluding hydrogens is 704 g/mol. The van der Waals surface area contributed by atoms with Gasteiger partial charge in [0.15, 0.2) is 11.5 Å². The largest absolute Gasteiger partial charge is 0.508 e. The Bertz CT molecular complexity index is 1960. The second kappa shape index (κ2) is 16.4. The molecule has 0 spiro atoms. The van der Waals surface area contributed by atoms with Crippen molar-refractivity contribution >= 4 is 22.8 Å². The zero-order valence-corrected chi connectivity index (χ0v) is 33.3. The van der Waals surface area contributed by atoms with E-state index in [-0.39, 0.29) is 34.8 Å². The number of aromatic hydroxyl groups is 1. The third-order valence-corrected chi connectivity index (χ3v) is 11.5. The Balaban J connectivity index is 0.000000403. The van der Waals surface area contributed by atoms with Crippen LogP contribution in [-0.2, 0) is 30.8 Å². The summed E-state index contributed by atoms with van der Waals surface area (Å²) in [6, 6.07) is 16.7. The quantitative estimate of drug-likeness (QED) is 0.182. The van der Waals surface area contributed by atoms with Crippen LogP contribution >= 0.6 is 0 Å². The Kier molecular flexibility index (Phi) is 11.9. The lowest BCUT2D eigenvalue weighted by Gasteiger charge is -2.52. The van der Waals surface area contributed by atoms with Gasteiger partial charge in [0.25, 0.3) is 0 Å².